The molecule has 7 nitrogen and oxygen atoms in total. The molecule has 0 aliphatic carbocycles. The van der Waals surface area contributed by atoms with Gasteiger partial charge in [0, 0.05) is 49.6 Å². The molecular weight excluding hydrogens is 404 g/mol. The summed E-state index contributed by atoms with van der Waals surface area (Å²) < 4.78 is 9.28. The van der Waals surface area contributed by atoms with Crippen LogP contribution in [-0.4, -0.2) is 46.3 Å². The molecule has 166 valence electrons. The van der Waals surface area contributed by atoms with E-state index < -0.39 is 0 Å². The molecule has 3 aliphatic heterocycles. The third-order valence-electron chi connectivity index (χ3n) is 7.23. The van der Waals surface area contributed by atoms with Crippen molar-refractivity contribution in [3.63, 3.8) is 0 Å². The van der Waals surface area contributed by atoms with Crippen LogP contribution in [0.15, 0.2) is 52.1 Å². The summed E-state index contributed by atoms with van der Waals surface area (Å²) in [5, 5.41) is 4.66. The zero-order valence-electron chi connectivity index (χ0n) is 18.1. The van der Waals surface area contributed by atoms with Gasteiger partial charge in [0.2, 0.25) is 0 Å². The number of ether oxygens (including phenoxy) is 1. The summed E-state index contributed by atoms with van der Waals surface area (Å²) in [4.78, 5) is 27.4. The van der Waals surface area contributed by atoms with Gasteiger partial charge >= 0.3 is 0 Å². The van der Waals surface area contributed by atoms with E-state index in [0.717, 1.165) is 68.8 Å². The Kier molecular flexibility index (Phi) is 4.88. The largest absolute Gasteiger partial charge is 0.493 e. The van der Waals surface area contributed by atoms with Crippen LogP contribution in [-0.2, 0) is 19.5 Å². The van der Waals surface area contributed by atoms with E-state index in [9.17, 15) is 9.59 Å². The van der Waals surface area contributed by atoms with E-state index in [0.29, 0.717) is 12.6 Å². The minimum Gasteiger partial charge on any atom is -0.493 e. The van der Waals surface area contributed by atoms with E-state index >= 15 is 0 Å². The van der Waals surface area contributed by atoms with Crippen molar-refractivity contribution >= 4 is 11.0 Å². The summed E-state index contributed by atoms with van der Waals surface area (Å²) in [5.74, 6) is 1.04. The smallest absolute Gasteiger partial charge is 0.252 e. The summed E-state index contributed by atoms with van der Waals surface area (Å²) in [6.07, 6.45) is 3.18. The second-order valence-corrected chi connectivity index (χ2v) is 9.25. The summed E-state index contributed by atoms with van der Waals surface area (Å²) in [6.45, 7) is 5.03. The third kappa shape index (κ3) is 3.45. The molecule has 0 amide bonds. The van der Waals surface area contributed by atoms with Crippen LogP contribution in [0, 0.1) is 0 Å². The predicted octanol–water partition coefficient (Wildman–Crippen LogP) is 1.91. The first-order valence-corrected chi connectivity index (χ1v) is 11.6. The Morgan fingerprint density at radius 2 is 1.81 bits per heavy atom. The number of hydrogen-bond donors (Lipinski definition) is 1. The molecule has 1 aromatic carbocycles. The SMILES string of the molecule is O=c1ccc2ccc(=O)n3c2n1C[C@H]3CN1CCC(NCc2ccc3c(c2)OCC3)CC1. The van der Waals surface area contributed by atoms with Crippen LogP contribution in [0.3, 0.4) is 0 Å². The Labute approximate surface area is 186 Å². The van der Waals surface area contributed by atoms with Gasteiger partial charge in [0.05, 0.1) is 12.6 Å². The lowest BCUT2D eigenvalue weighted by atomic mass is 10.0. The van der Waals surface area contributed by atoms with Gasteiger partial charge in [-0.1, -0.05) is 12.1 Å². The number of nitrogens with one attached hydrogen (secondary N) is 1. The first kappa shape index (κ1) is 19.8. The number of hydrogen-bond acceptors (Lipinski definition) is 5. The zero-order chi connectivity index (χ0) is 21.7. The lowest BCUT2D eigenvalue weighted by Crippen LogP contribution is -2.44. The third-order valence-corrected chi connectivity index (χ3v) is 7.23. The van der Waals surface area contributed by atoms with Gasteiger partial charge < -0.3 is 15.0 Å². The molecule has 1 atom stereocenters. The molecular formula is C25H28N4O3. The summed E-state index contributed by atoms with van der Waals surface area (Å²) >= 11 is 0. The number of pyridine rings is 2. The standard InChI is InChI=1S/C25H28N4O3/c30-23-5-3-19-4-6-24(31)29-21(16-28(23)25(19)29)15-27-10-7-20(8-11-27)26-14-17-1-2-18-9-12-32-22(18)13-17/h1-6,13,20-21,26H,7-12,14-16H2/t21-/m1/s1. The summed E-state index contributed by atoms with van der Waals surface area (Å²) in [6, 6.07) is 13.9. The quantitative estimate of drug-likeness (QED) is 0.667. The van der Waals surface area contributed by atoms with Crippen LogP contribution in [0.5, 0.6) is 5.75 Å². The first-order chi connectivity index (χ1) is 15.7. The molecule has 1 N–H and O–H groups in total. The van der Waals surface area contributed by atoms with Crippen molar-refractivity contribution in [1.29, 1.82) is 0 Å². The molecule has 3 aliphatic rings. The van der Waals surface area contributed by atoms with Crippen molar-refractivity contribution in [2.75, 3.05) is 26.2 Å². The van der Waals surface area contributed by atoms with E-state index in [-0.39, 0.29) is 17.2 Å². The van der Waals surface area contributed by atoms with Gasteiger partial charge in [-0.3, -0.25) is 18.7 Å². The molecule has 32 heavy (non-hydrogen) atoms. The number of benzene rings is 1. The van der Waals surface area contributed by atoms with Crippen molar-refractivity contribution in [1.82, 2.24) is 19.4 Å². The lowest BCUT2D eigenvalue weighted by Gasteiger charge is -2.34. The van der Waals surface area contributed by atoms with Crippen LogP contribution in [0.1, 0.15) is 30.0 Å². The molecule has 5 heterocycles. The van der Waals surface area contributed by atoms with Gasteiger partial charge in [-0.2, -0.15) is 0 Å². The minimum absolute atomic E-state index is 0.0113. The maximum atomic E-state index is 12.6. The average molecular weight is 433 g/mol. The summed E-state index contributed by atoms with van der Waals surface area (Å²) in [7, 11) is 0. The van der Waals surface area contributed by atoms with Crippen LogP contribution >= 0.6 is 0 Å². The van der Waals surface area contributed by atoms with Gasteiger partial charge in [-0.15, -0.1) is 0 Å². The van der Waals surface area contributed by atoms with Crippen molar-refractivity contribution in [2.24, 2.45) is 0 Å². The van der Waals surface area contributed by atoms with Gasteiger partial charge in [-0.05, 0) is 55.3 Å². The Morgan fingerprint density at radius 1 is 1.00 bits per heavy atom. The summed E-state index contributed by atoms with van der Waals surface area (Å²) in [5.41, 5.74) is 3.31. The topological polar surface area (TPSA) is 68.5 Å². The molecule has 3 aromatic rings. The van der Waals surface area contributed by atoms with E-state index in [2.05, 4.69) is 28.4 Å². The van der Waals surface area contributed by atoms with Crippen molar-refractivity contribution in [3.05, 3.63) is 74.3 Å². The highest BCUT2D eigenvalue weighted by molar-refractivity contribution is 5.76. The molecule has 1 saturated heterocycles. The fourth-order valence-electron chi connectivity index (χ4n) is 5.49. The van der Waals surface area contributed by atoms with Crippen LogP contribution < -0.4 is 21.2 Å². The van der Waals surface area contributed by atoms with Crippen LogP contribution in [0.4, 0.5) is 0 Å². The molecule has 6 rings (SSSR count). The van der Waals surface area contributed by atoms with Crippen molar-refractivity contribution in [3.8, 4) is 5.75 Å². The fourth-order valence-corrected chi connectivity index (χ4v) is 5.49. The molecule has 0 unspecified atom stereocenters. The second-order valence-electron chi connectivity index (χ2n) is 9.25. The molecule has 0 radical (unpaired) electrons. The van der Waals surface area contributed by atoms with Crippen LogP contribution in [0.25, 0.3) is 11.0 Å². The van der Waals surface area contributed by atoms with E-state index in [1.54, 1.807) is 16.7 Å². The van der Waals surface area contributed by atoms with Gasteiger partial charge in [0.25, 0.3) is 11.1 Å². The maximum absolute atomic E-state index is 12.6. The van der Waals surface area contributed by atoms with Crippen molar-refractivity contribution in [2.45, 2.75) is 44.4 Å². The second kappa shape index (κ2) is 7.90. The minimum atomic E-state index is -0.0285. The highest BCUT2D eigenvalue weighted by atomic mass is 16.5. The van der Waals surface area contributed by atoms with Gasteiger partial charge in [0.15, 0.2) is 0 Å². The van der Waals surface area contributed by atoms with Gasteiger partial charge in [-0.25, -0.2) is 0 Å². The molecule has 0 bridgehead atoms. The molecule has 1 fully saturated rings. The fraction of sp³-hybridized carbons (Fsp3) is 0.440. The maximum Gasteiger partial charge on any atom is 0.252 e. The monoisotopic (exact) mass is 432 g/mol. The zero-order valence-corrected chi connectivity index (χ0v) is 18.1. The Hall–Kier alpha value is -2.90. The van der Waals surface area contributed by atoms with E-state index in [1.165, 1.54) is 11.1 Å². The number of aromatic nitrogens is 2. The lowest BCUT2D eigenvalue weighted by molar-refractivity contribution is 0.171. The van der Waals surface area contributed by atoms with Crippen LogP contribution in [0.2, 0.25) is 0 Å². The molecule has 0 spiro atoms. The molecule has 7 heteroatoms. The van der Waals surface area contributed by atoms with Gasteiger partial charge in [0.1, 0.15) is 11.4 Å². The Morgan fingerprint density at radius 3 is 2.66 bits per heavy atom. The number of nitrogens with zero attached hydrogens (tertiary/aromatic N) is 3. The first-order valence-electron chi connectivity index (χ1n) is 11.6. The number of fused-ring (bicyclic) bond motifs is 1. The van der Waals surface area contributed by atoms with Crippen molar-refractivity contribution < 1.29 is 4.74 Å². The highest BCUT2D eigenvalue weighted by Crippen LogP contribution is 2.27. The number of likely N-dealkylation sites (tertiary alicyclic amines) is 1. The number of piperidine rings is 1. The Bertz CT molecular complexity index is 1280. The highest BCUT2D eigenvalue weighted by Gasteiger charge is 2.29. The molecule has 2 aromatic heterocycles. The normalized spacial score (nSPS) is 20.6. The Balaban J connectivity index is 1.07. The predicted molar refractivity (Wildman–Crippen MR) is 123 cm³/mol. The van der Waals surface area contributed by atoms with E-state index in [4.69, 9.17) is 4.74 Å². The average Bonchev–Trinajstić information content (AvgIpc) is 3.43. The molecule has 0 saturated carbocycles. The number of rotatable bonds is 5. The van der Waals surface area contributed by atoms with E-state index in [1.807, 2.05) is 16.7 Å².